The van der Waals surface area contributed by atoms with Gasteiger partial charge in [-0.1, -0.05) is 46.6 Å². The zero-order valence-corrected chi connectivity index (χ0v) is 12.9. The molecule has 2 aromatic rings. The molecule has 17 heavy (non-hydrogen) atoms. The quantitative estimate of drug-likeness (QED) is 0.665. The molecule has 0 amide bonds. The minimum Gasteiger partial charge on any atom is -0.147 e. The van der Waals surface area contributed by atoms with Gasteiger partial charge in [-0.15, -0.1) is 11.3 Å². The van der Waals surface area contributed by atoms with Crippen LogP contribution < -0.4 is 0 Å². The minimum atomic E-state index is 0.332. The molecule has 0 nitrogen and oxygen atoms in total. The van der Waals surface area contributed by atoms with Crippen LogP contribution in [-0.2, 0) is 6.42 Å². The molecule has 0 spiro atoms. The van der Waals surface area contributed by atoms with Gasteiger partial charge in [-0.05, 0) is 48.4 Å². The largest absolute Gasteiger partial charge is 0.147 e. The van der Waals surface area contributed by atoms with E-state index in [0.29, 0.717) is 4.83 Å². The van der Waals surface area contributed by atoms with E-state index in [9.17, 15) is 0 Å². The highest BCUT2D eigenvalue weighted by Gasteiger charge is 2.16. The Labute approximate surface area is 116 Å². The van der Waals surface area contributed by atoms with Crippen molar-refractivity contribution < 1.29 is 0 Å². The van der Waals surface area contributed by atoms with E-state index in [1.54, 1.807) is 0 Å². The molecule has 0 aliphatic carbocycles. The van der Waals surface area contributed by atoms with Crippen LogP contribution in [0.4, 0.5) is 0 Å². The van der Waals surface area contributed by atoms with Crippen molar-refractivity contribution in [2.24, 2.45) is 0 Å². The first-order chi connectivity index (χ1) is 8.13. The van der Waals surface area contributed by atoms with Gasteiger partial charge < -0.3 is 0 Å². The molecule has 0 radical (unpaired) electrons. The molecule has 0 bridgehead atoms. The summed E-state index contributed by atoms with van der Waals surface area (Å²) in [7, 11) is 0. The Morgan fingerprint density at radius 1 is 1.24 bits per heavy atom. The van der Waals surface area contributed by atoms with Crippen molar-refractivity contribution in [1.82, 2.24) is 0 Å². The molecule has 0 N–H and O–H groups in total. The lowest BCUT2D eigenvalue weighted by atomic mass is 10.0. The van der Waals surface area contributed by atoms with E-state index in [2.05, 4.69) is 66.3 Å². The second kappa shape index (κ2) is 5.36. The van der Waals surface area contributed by atoms with Crippen LogP contribution in [0.2, 0.25) is 0 Å². The second-order valence-corrected chi connectivity index (χ2v) is 6.25. The average molecular weight is 309 g/mol. The summed E-state index contributed by atoms with van der Waals surface area (Å²) in [6.45, 7) is 6.55. The van der Waals surface area contributed by atoms with Crippen molar-refractivity contribution in [1.29, 1.82) is 0 Å². The normalized spacial score (nSPS) is 12.7. The van der Waals surface area contributed by atoms with Gasteiger partial charge in [-0.3, -0.25) is 0 Å². The van der Waals surface area contributed by atoms with Crippen LogP contribution in [0.5, 0.6) is 0 Å². The molecule has 0 fully saturated rings. The lowest BCUT2D eigenvalue weighted by Crippen LogP contribution is -1.96. The molecule has 2 rings (SSSR count). The van der Waals surface area contributed by atoms with Gasteiger partial charge in [-0.25, -0.2) is 0 Å². The Balaban J connectivity index is 2.40. The van der Waals surface area contributed by atoms with Crippen LogP contribution in [0.25, 0.3) is 0 Å². The maximum Gasteiger partial charge on any atom is 0.0743 e. The van der Waals surface area contributed by atoms with Gasteiger partial charge in [0.1, 0.15) is 0 Å². The summed E-state index contributed by atoms with van der Waals surface area (Å²) in [4.78, 5) is 1.78. The first-order valence-electron chi connectivity index (χ1n) is 5.91. The molecule has 1 aromatic heterocycles. The third kappa shape index (κ3) is 2.63. The third-order valence-electron chi connectivity index (χ3n) is 3.09. The molecule has 0 saturated heterocycles. The average Bonchev–Trinajstić information content (AvgIpc) is 2.76. The molecule has 2 heteroatoms. The third-order valence-corrected chi connectivity index (χ3v) is 5.37. The minimum absolute atomic E-state index is 0.332. The van der Waals surface area contributed by atoms with E-state index >= 15 is 0 Å². The standard InChI is InChI=1S/C15H17BrS/c1-4-12-7-8-17-15(12)14(16)13-6-5-10(2)9-11(13)3/h5-9,14H,4H2,1-3H3. The monoisotopic (exact) mass is 308 g/mol. The molecular weight excluding hydrogens is 292 g/mol. The number of alkyl halides is 1. The number of rotatable bonds is 3. The Kier molecular flexibility index (Phi) is 4.05. The Morgan fingerprint density at radius 2 is 2.00 bits per heavy atom. The number of halogens is 1. The number of hydrogen-bond acceptors (Lipinski definition) is 1. The second-order valence-electron chi connectivity index (χ2n) is 4.39. The van der Waals surface area contributed by atoms with Gasteiger partial charge in [0.25, 0.3) is 0 Å². The van der Waals surface area contributed by atoms with Crippen molar-refractivity contribution in [3.05, 3.63) is 56.8 Å². The van der Waals surface area contributed by atoms with Crippen LogP contribution in [0.1, 0.15) is 38.9 Å². The molecule has 0 aliphatic heterocycles. The van der Waals surface area contributed by atoms with Crippen LogP contribution in [-0.4, -0.2) is 0 Å². The summed E-state index contributed by atoms with van der Waals surface area (Å²) in [6, 6.07) is 8.92. The van der Waals surface area contributed by atoms with E-state index in [0.717, 1.165) is 6.42 Å². The van der Waals surface area contributed by atoms with Crippen molar-refractivity contribution in [3.8, 4) is 0 Å². The SMILES string of the molecule is CCc1ccsc1C(Br)c1ccc(C)cc1C. The van der Waals surface area contributed by atoms with Gasteiger partial charge in [0, 0.05) is 4.88 Å². The fourth-order valence-electron chi connectivity index (χ4n) is 2.11. The van der Waals surface area contributed by atoms with Crippen LogP contribution in [0, 0.1) is 13.8 Å². The van der Waals surface area contributed by atoms with E-state index in [-0.39, 0.29) is 0 Å². The van der Waals surface area contributed by atoms with Crippen LogP contribution in [0.3, 0.4) is 0 Å². The molecular formula is C15H17BrS. The fraction of sp³-hybridized carbons (Fsp3) is 0.333. The van der Waals surface area contributed by atoms with Gasteiger partial charge in [0.05, 0.1) is 4.83 Å². The van der Waals surface area contributed by atoms with E-state index in [4.69, 9.17) is 0 Å². The summed E-state index contributed by atoms with van der Waals surface area (Å²) in [6.07, 6.45) is 1.10. The number of hydrogen-bond donors (Lipinski definition) is 0. The number of benzene rings is 1. The van der Waals surface area contributed by atoms with Gasteiger partial charge >= 0.3 is 0 Å². The highest BCUT2D eigenvalue weighted by atomic mass is 79.9. The molecule has 0 aliphatic rings. The highest BCUT2D eigenvalue weighted by Crippen LogP contribution is 2.38. The van der Waals surface area contributed by atoms with Crippen molar-refractivity contribution >= 4 is 27.3 Å². The zero-order chi connectivity index (χ0) is 12.4. The summed E-state index contributed by atoms with van der Waals surface area (Å²) in [5.41, 5.74) is 5.53. The van der Waals surface area contributed by atoms with E-state index in [1.165, 1.54) is 27.1 Å². The summed E-state index contributed by atoms with van der Waals surface area (Å²) in [5, 5.41) is 2.19. The topological polar surface area (TPSA) is 0 Å². The first kappa shape index (κ1) is 12.8. The summed E-state index contributed by atoms with van der Waals surface area (Å²) in [5.74, 6) is 0. The predicted molar refractivity (Wildman–Crippen MR) is 80.4 cm³/mol. The molecule has 1 atom stereocenters. The van der Waals surface area contributed by atoms with E-state index in [1.807, 2.05) is 11.3 Å². The summed E-state index contributed by atoms with van der Waals surface area (Å²) < 4.78 is 0. The maximum absolute atomic E-state index is 3.85. The lowest BCUT2D eigenvalue weighted by molar-refractivity contribution is 1.08. The number of thiophene rings is 1. The Bertz CT molecular complexity index is 513. The van der Waals surface area contributed by atoms with Crippen molar-refractivity contribution in [3.63, 3.8) is 0 Å². The van der Waals surface area contributed by atoms with E-state index < -0.39 is 0 Å². The molecule has 1 heterocycles. The maximum atomic E-state index is 3.85. The number of aryl methyl sites for hydroxylation is 3. The smallest absolute Gasteiger partial charge is 0.0743 e. The Hall–Kier alpha value is -0.600. The van der Waals surface area contributed by atoms with Crippen LogP contribution >= 0.6 is 27.3 Å². The van der Waals surface area contributed by atoms with Gasteiger partial charge in [0.2, 0.25) is 0 Å². The summed E-state index contributed by atoms with van der Waals surface area (Å²) >= 11 is 5.69. The highest BCUT2D eigenvalue weighted by molar-refractivity contribution is 9.09. The van der Waals surface area contributed by atoms with Crippen LogP contribution in [0.15, 0.2) is 29.6 Å². The molecule has 1 aromatic carbocycles. The Morgan fingerprint density at radius 3 is 2.65 bits per heavy atom. The lowest BCUT2D eigenvalue weighted by Gasteiger charge is -2.14. The predicted octanol–water partition coefficient (Wildman–Crippen LogP) is 5.41. The molecule has 1 unspecified atom stereocenters. The van der Waals surface area contributed by atoms with Crippen molar-refractivity contribution in [2.45, 2.75) is 32.0 Å². The zero-order valence-electron chi connectivity index (χ0n) is 10.5. The van der Waals surface area contributed by atoms with Gasteiger partial charge in [-0.2, -0.15) is 0 Å². The molecule has 90 valence electrons. The first-order valence-corrected chi connectivity index (χ1v) is 7.70. The molecule has 0 saturated carbocycles. The van der Waals surface area contributed by atoms with Crippen molar-refractivity contribution in [2.75, 3.05) is 0 Å². The van der Waals surface area contributed by atoms with Gasteiger partial charge in [0.15, 0.2) is 0 Å². The fourth-order valence-corrected chi connectivity index (χ4v) is 4.23.